The van der Waals surface area contributed by atoms with E-state index in [0.717, 1.165) is 0 Å². The highest BCUT2D eigenvalue weighted by molar-refractivity contribution is 6.08. The van der Waals surface area contributed by atoms with Crippen LogP contribution in [0.25, 0.3) is 0 Å². The molecule has 0 heterocycles. The van der Waals surface area contributed by atoms with Crippen molar-refractivity contribution < 1.29 is 19.7 Å². The van der Waals surface area contributed by atoms with E-state index in [2.05, 4.69) is 5.32 Å². The summed E-state index contributed by atoms with van der Waals surface area (Å²) in [7, 11) is 0. The van der Waals surface area contributed by atoms with Crippen LogP contribution >= 0.6 is 0 Å². The number of carbonyl (C=O) groups is 1. The van der Waals surface area contributed by atoms with Crippen LogP contribution in [0.15, 0.2) is 42.5 Å². The highest BCUT2D eigenvalue weighted by Gasteiger charge is 2.16. The minimum absolute atomic E-state index is 0.175. The van der Waals surface area contributed by atoms with E-state index in [0.29, 0.717) is 24.6 Å². The van der Waals surface area contributed by atoms with Gasteiger partial charge in [0, 0.05) is 18.3 Å². The number of benzene rings is 2. The first-order chi connectivity index (χ1) is 10.1. The third kappa shape index (κ3) is 3.64. The van der Waals surface area contributed by atoms with Crippen molar-refractivity contribution in [1.82, 2.24) is 0 Å². The van der Waals surface area contributed by atoms with E-state index in [-0.39, 0.29) is 17.1 Å². The Morgan fingerprint density at radius 2 is 1.81 bits per heavy atom. The van der Waals surface area contributed by atoms with E-state index in [4.69, 9.17) is 10.5 Å². The molecule has 0 spiro atoms. The molecule has 0 saturated heterocycles. The van der Waals surface area contributed by atoms with Gasteiger partial charge in [0.05, 0.1) is 0 Å². The fraction of sp³-hybridized carbons (Fsp3) is 0.133. The predicted molar refractivity (Wildman–Crippen MR) is 78.7 cm³/mol. The third-order valence-corrected chi connectivity index (χ3v) is 2.73. The number of carbonyl (C=O) groups excluding carboxylic acids is 1. The van der Waals surface area contributed by atoms with Gasteiger partial charge in [-0.2, -0.15) is 0 Å². The summed E-state index contributed by atoms with van der Waals surface area (Å²) in [6.07, 6.45) is 0. The SMILES string of the molecule is NCCOc1cccc(NC(=O)c2c(O)cccc2O)c1. The molecule has 5 N–H and O–H groups in total. The van der Waals surface area contributed by atoms with Crippen LogP contribution in [0.4, 0.5) is 5.69 Å². The smallest absolute Gasteiger partial charge is 0.263 e. The van der Waals surface area contributed by atoms with Crippen LogP contribution in [0.3, 0.4) is 0 Å². The first-order valence-corrected chi connectivity index (χ1v) is 6.37. The molecule has 0 saturated carbocycles. The van der Waals surface area contributed by atoms with Gasteiger partial charge in [0.25, 0.3) is 5.91 Å². The van der Waals surface area contributed by atoms with Crippen LogP contribution < -0.4 is 15.8 Å². The Morgan fingerprint density at radius 3 is 2.48 bits per heavy atom. The van der Waals surface area contributed by atoms with Crippen LogP contribution in [0.5, 0.6) is 17.2 Å². The van der Waals surface area contributed by atoms with Crippen molar-refractivity contribution in [2.75, 3.05) is 18.5 Å². The number of amides is 1. The van der Waals surface area contributed by atoms with Crippen LogP contribution in [-0.2, 0) is 0 Å². The quantitative estimate of drug-likeness (QED) is 0.670. The zero-order valence-electron chi connectivity index (χ0n) is 11.2. The van der Waals surface area contributed by atoms with Gasteiger partial charge in [0.15, 0.2) is 0 Å². The lowest BCUT2D eigenvalue weighted by atomic mass is 10.1. The summed E-state index contributed by atoms with van der Waals surface area (Å²) in [4.78, 5) is 12.1. The monoisotopic (exact) mass is 288 g/mol. The zero-order valence-corrected chi connectivity index (χ0v) is 11.2. The third-order valence-electron chi connectivity index (χ3n) is 2.73. The van der Waals surface area contributed by atoms with E-state index in [1.165, 1.54) is 18.2 Å². The Labute approximate surface area is 121 Å². The molecule has 0 bridgehead atoms. The van der Waals surface area contributed by atoms with Gasteiger partial charge in [0.1, 0.15) is 29.4 Å². The highest BCUT2D eigenvalue weighted by Crippen LogP contribution is 2.27. The second-order valence-electron chi connectivity index (χ2n) is 4.29. The highest BCUT2D eigenvalue weighted by atomic mass is 16.5. The predicted octanol–water partition coefficient (Wildman–Crippen LogP) is 1.69. The molecule has 2 aromatic carbocycles. The molecular weight excluding hydrogens is 272 g/mol. The summed E-state index contributed by atoms with van der Waals surface area (Å²) in [6.45, 7) is 0.764. The van der Waals surface area contributed by atoms with E-state index < -0.39 is 5.91 Å². The lowest BCUT2D eigenvalue weighted by Crippen LogP contribution is -2.13. The van der Waals surface area contributed by atoms with E-state index in [1.54, 1.807) is 24.3 Å². The molecule has 0 fully saturated rings. The topological polar surface area (TPSA) is 105 Å². The number of phenols is 2. The number of phenolic OH excluding ortho intramolecular Hbond substituents is 2. The molecule has 2 rings (SSSR count). The molecule has 6 nitrogen and oxygen atoms in total. The van der Waals surface area contributed by atoms with Crippen LogP contribution in [0.1, 0.15) is 10.4 Å². The van der Waals surface area contributed by atoms with Crippen LogP contribution in [-0.4, -0.2) is 29.3 Å². The average Bonchev–Trinajstić information content (AvgIpc) is 2.45. The minimum Gasteiger partial charge on any atom is -0.507 e. The molecule has 0 aliphatic rings. The second-order valence-corrected chi connectivity index (χ2v) is 4.29. The number of anilines is 1. The van der Waals surface area contributed by atoms with Gasteiger partial charge >= 0.3 is 0 Å². The van der Waals surface area contributed by atoms with E-state index in [9.17, 15) is 15.0 Å². The molecule has 0 aromatic heterocycles. The summed E-state index contributed by atoms with van der Waals surface area (Å²) in [5.41, 5.74) is 5.66. The Kier molecular flexibility index (Phi) is 4.63. The van der Waals surface area contributed by atoms with Crippen LogP contribution in [0.2, 0.25) is 0 Å². The Bertz CT molecular complexity index is 623. The lowest BCUT2D eigenvalue weighted by Gasteiger charge is -2.10. The van der Waals surface area contributed by atoms with Crippen molar-refractivity contribution in [1.29, 1.82) is 0 Å². The number of hydrogen-bond donors (Lipinski definition) is 4. The first kappa shape index (κ1) is 14.7. The van der Waals surface area contributed by atoms with Gasteiger partial charge in [0.2, 0.25) is 0 Å². The van der Waals surface area contributed by atoms with Crippen LogP contribution in [0, 0.1) is 0 Å². The Balaban J connectivity index is 2.16. The molecule has 2 aromatic rings. The average molecular weight is 288 g/mol. The maximum atomic E-state index is 12.1. The molecule has 0 unspecified atom stereocenters. The minimum atomic E-state index is -0.610. The van der Waals surface area contributed by atoms with E-state index >= 15 is 0 Å². The Hall–Kier alpha value is -2.73. The normalized spacial score (nSPS) is 10.1. The summed E-state index contributed by atoms with van der Waals surface area (Å²) in [5, 5.41) is 21.9. The summed E-state index contributed by atoms with van der Waals surface area (Å²) >= 11 is 0. The largest absolute Gasteiger partial charge is 0.507 e. The Morgan fingerprint density at radius 1 is 1.14 bits per heavy atom. The fourth-order valence-electron chi connectivity index (χ4n) is 1.79. The molecule has 0 aliphatic carbocycles. The van der Waals surface area contributed by atoms with Crippen molar-refractivity contribution in [3.8, 4) is 17.2 Å². The second kappa shape index (κ2) is 6.62. The van der Waals surface area contributed by atoms with Gasteiger partial charge in [-0.15, -0.1) is 0 Å². The molecule has 1 amide bonds. The van der Waals surface area contributed by atoms with E-state index in [1.807, 2.05) is 0 Å². The van der Waals surface area contributed by atoms with Crippen molar-refractivity contribution >= 4 is 11.6 Å². The van der Waals surface area contributed by atoms with Gasteiger partial charge < -0.3 is 26.0 Å². The van der Waals surface area contributed by atoms with Crippen molar-refractivity contribution in [2.24, 2.45) is 5.73 Å². The van der Waals surface area contributed by atoms with Gasteiger partial charge in [-0.1, -0.05) is 12.1 Å². The number of aromatic hydroxyl groups is 2. The number of nitrogens with one attached hydrogen (secondary N) is 1. The number of nitrogens with two attached hydrogens (primary N) is 1. The van der Waals surface area contributed by atoms with Gasteiger partial charge in [-0.05, 0) is 24.3 Å². The molecular formula is C15H16N2O4. The standard InChI is InChI=1S/C15H16N2O4/c16-7-8-21-11-4-1-3-10(9-11)17-15(20)14-12(18)5-2-6-13(14)19/h1-6,9,18-19H,7-8,16H2,(H,17,20). The number of rotatable bonds is 5. The number of ether oxygens (including phenoxy) is 1. The molecule has 6 heteroatoms. The zero-order chi connectivity index (χ0) is 15.2. The molecule has 0 atom stereocenters. The van der Waals surface area contributed by atoms with Crippen molar-refractivity contribution in [3.05, 3.63) is 48.0 Å². The van der Waals surface area contributed by atoms with Crippen molar-refractivity contribution in [3.63, 3.8) is 0 Å². The lowest BCUT2D eigenvalue weighted by molar-refractivity contribution is 0.102. The van der Waals surface area contributed by atoms with Gasteiger partial charge in [-0.3, -0.25) is 4.79 Å². The maximum absolute atomic E-state index is 12.1. The number of hydrogen-bond acceptors (Lipinski definition) is 5. The molecule has 21 heavy (non-hydrogen) atoms. The van der Waals surface area contributed by atoms with Gasteiger partial charge in [-0.25, -0.2) is 0 Å². The first-order valence-electron chi connectivity index (χ1n) is 6.37. The molecule has 0 radical (unpaired) electrons. The maximum Gasteiger partial charge on any atom is 0.263 e. The molecule has 110 valence electrons. The molecule has 0 aliphatic heterocycles. The summed E-state index contributed by atoms with van der Waals surface area (Å²) in [6, 6.07) is 10.9. The summed E-state index contributed by atoms with van der Waals surface area (Å²) < 4.78 is 5.36. The fourth-order valence-corrected chi connectivity index (χ4v) is 1.79. The summed E-state index contributed by atoms with van der Waals surface area (Å²) in [5.74, 6) is -0.618. The van der Waals surface area contributed by atoms with Crippen molar-refractivity contribution in [2.45, 2.75) is 0 Å².